The van der Waals surface area contributed by atoms with Gasteiger partial charge in [0.15, 0.2) is 0 Å². The molecule has 3 nitrogen and oxygen atoms in total. The summed E-state index contributed by atoms with van der Waals surface area (Å²) in [6.07, 6.45) is 4.92. The first-order valence-corrected chi connectivity index (χ1v) is 6.53. The number of nitrogens with zero attached hydrogens (tertiary/aromatic N) is 1. The fourth-order valence-electron chi connectivity index (χ4n) is 2.20. The first-order chi connectivity index (χ1) is 8.40. The van der Waals surface area contributed by atoms with Gasteiger partial charge in [-0.15, -0.1) is 0 Å². The second-order valence-electron chi connectivity index (χ2n) is 4.64. The minimum Gasteiger partial charge on any atom is -0.478 e. The van der Waals surface area contributed by atoms with Crippen LogP contribution in [-0.2, 0) is 6.54 Å². The molecule has 1 aromatic carbocycles. The van der Waals surface area contributed by atoms with Crippen LogP contribution in [0.5, 0.6) is 5.75 Å². The Morgan fingerprint density at radius 1 is 1.12 bits per heavy atom. The van der Waals surface area contributed by atoms with Crippen molar-refractivity contribution in [2.24, 2.45) is 5.73 Å². The van der Waals surface area contributed by atoms with E-state index in [9.17, 15) is 0 Å². The van der Waals surface area contributed by atoms with Crippen molar-refractivity contribution in [2.75, 3.05) is 19.8 Å². The zero-order valence-corrected chi connectivity index (χ0v) is 10.4. The van der Waals surface area contributed by atoms with Gasteiger partial charge in [-0.1, -0.05) is 31.0 Å². The molecule has 0 bridgehead atoms. The van der Waals surface area contributed by atoms with Crippen molar-refractivity contribution >= 4 is 0 Å². The molecule has 0 aromatic heterocycles. The number of nitrogens with two attached hydrogens (primary N) is 1. The molecular weight excluding hydrogens is 212 g/mol. The summed E-state index contributed by atoms with van der Waals surface area (Å²) in [6, 6.07) is 8.30. The molecule has 0 aliphatic carbocycles. The van der Waals surface area contributed by atoms with Gasteiger partial charge in [-0.25, -0.2) is 0 Å². The van der Waals surface area contributed by atoms with E-state index >= 15 is 0 Å². The molecule has 0 amide bonds. The van der Waals surface area contributed by atoms with Gasteiger partial charge in [-0.3, -0.25) is 4.90 Å². The van der Waals surface area contributed by atoms with E-state index in [-0.39, 0.29) is 0 Å². The Labute approximate surface area is 104 Å². The lowest BCUT2D eigenvalue weighted by atomic mass is 10.1. The molecule has 1 heterocycles. The van der Waals surface area contributed by atoms with E-state index in [1.54, 1.807) is 0 Å². The van der Waals surface area contributed by atoms with Crippen molar-refractivity contribution in [2.45, 2.75) is 32.2 Å². The molecule has 2 N–H and O–H groups in total. The maximum Gasteiger partial charge on any atom is 0.142 e. The number of benzene rings is 1. The third kappa shape index (κ3) is 3.72. The van der Waals surface area contributed by atoms with E-state index < -0.39 is 0 Å². The number of rotatable bonds is 6. The molecule has 0 unspecified atom stereocenters. The Morgan fingerprint density at radius 3 is 2.82 bits per heavy atom. The standard InChI is InChI=1S/C14H22N2O/c15-9-5-1-2-6-10-16-11-13-7-3-4-8-14(13)17-12-16/h3-4,7-8H,1-2,5-6,9-12,15H2. The molecule has 1 aliphatic rings. The van der Waals surface area contributed by atoms with Crippen molar-refractivity contribution in [3.8, 4) is 5.75 Å². The lowest BCUT2D eigenvalue weighted by molar-refractivity contribution is 0.0935. The summed E-state index contributed by atoms with van der Waals surface area (Å²) < 4.78 is 5.72. The summed E-state index contributed by atoms with van der Waals surface area (Å²) in [5.41, 5.74) is 6.78. The van der Waals surface area contributed by atoms with Gasteiger partial charge in [0.1, 0.15) is 12.5 Å². The normalized spacial score (nSPS) is 15.4. The molecule has 1 aromatic rings. The summed E-state index contributed by atoms with van der Waals surface area (Å²) in [4.78, 5) is 2.37. The molecule has 0 saturated heterocycles. The molecule has 94 valence electrons. The molecule has 0 radical (unpaired) electrons. The summed E-state index contributed by atoms with van der Waals surface area (Å²) in [6.45, 7) is 3.69. The Morgan fingerprint density at radius 2 is 1.94 bits per heavy atom. The second kappa shape index (κ2) is 6.62. The SMILES string of the molecule is NCCCCCCN1COc2ccccc2C1. The second-order valence-corrected chi connectivity index (χ2v) is 4.64. The van der Waals surface area contributed by atoms with Crippen LogP contribution in [0.1, 0.15) is 31.2 Å². The topological polar surface area (TPSA) is 38.5 Å². The van der Waals surface area contributed by atoms with Crippen molar-refractivity contribution < 1.29 is 4.74 Å². The van der Waals surface area contributed by atoms with Crippen molar-refractivity contribution in [3.05, 3.63) is 29.8 Å². The Balaban J connectivity index is 1.71. The molecule has 0 saturated carbocycles. The van der Waals surface area contributed by atoms with E-state index in [2.05, 4.69) is 17.0 Å². The van der Waals surface area contributed by atoms with Gasteiger partial charge < -0.3 is 10.5 Å². The maximum atomic E-state index is 5.72. The number of para-hydroxylation sites is 1. The van der Waals surface area contributed by atoms with E-state index in [1.807, 2.05) is 12.1 Å². The van der Waals surface area contributed by atoms with E-state index in [1.165, 1.54) is 24.8 Å². The van der Waals surface area contributed by atoms with E-state index in [0.29, 0.717) is 0 Å². The summed E-state index contributed by atoms with van der Waals surface area (Å²) in [5.74, 6) is 1.05. The summed E-state index contributed by atoms with van der Waals surface area (Å²) in [5, 5.41) is 0. The lowest BCUT2D eigenvalue weighted by Crippen LogP contribution is -2.32. The number of hydrogen-bond acceptors (Lipinski definition) is 3. The zero-order valence-electron chi connectivity index (χ0n) is 10.4. The van der Waals surface area contributed by atoms with Crippen LogP contribution in [0.2, 0.25) is 0 Å². The zero-order chi connectivity index (χ0) is 11.9. The third-order valence-corrected chi connectivity index (χ3v) is 3.20. The van der Waals surface area contributed by atoms with Gasteiger partial charge in [-0.05, 0) is 25.5 Å². The molecular formula is C14H22N2O. The smallest absolute Gasteiger partial charge is 0.142 e. The number of unbranched alkanes of at least 4 members (excludes halogenated alkanes) is 3. The predicted octanol–water partition coefficient (Wildman–Crippen LogP) is 2.36. The molecule has 2 rings (SSSR count). The molecule has 0 fully saturated rings. The van der Waals surface area contributed by atoms with Crippen LogP contribution < -0.4 is 10.5 Å². The minimum absolute atomic E-state index is 0.730. The van der Waals surface area contributed by atoms with Crippen LogP contribution in [0.15, 0.2) is 24.3 Å². The number of ether oxygens (including phenoxy) is 1. The van der Waals surface area contributed by atoms with Crippen LogP contribution in [0.3, 0.4) is 0 Å². The Bertz CT molecular complexity index is 341. The van der Waals surface area contributed by atoms with Gasteiger partial charge in [-0.2, -0.15) is 0 Å². The number of fused-ring (bicyclic) bond motifs is 1. The van der Waals surface area contributed by atoms with Gasteiger partial charge in [0.25, 0.3) is 0 Å². The fraction of sp³-hybridized carbons (Fsp3) is 0.571. The average molecular weight is 234 g/mol. The van der Waals surface area contributed by atoms with E-state index in [4.69, 9.17) is 10.5 Å². The van der Waals surface area contributed by atoms with Crippen LogP contribution >= 0.6 is 0 Å². The molecule has 3 heteroatoms. The fourth-order valence-corrected chi connectivity index (χ4v) is 2.20. The van der Waals surface area contributed by atoms with E-state index in [0.717, 1.165) is 38.5 Å². The van der Waals surface area contributed by atoms with Gasteiger partial charge >= 0.3 is 0 Å². The number of hydrogen-bond donors (Lipinski definition) is 1. The first-order valence-electron chi connectivity index (χ1n) is 6.53. The predicted molar refractivity (Wildman–Crippen MR) is 69.9 cm³/mol. The average Bonchev–Trinajstić information content (AvgIpc) is 2.38. The molecule has 0 spiro atoms. The maximum absolute atomic E-state index is 5.72. The van der Waals surface area contributed by atoms with Crippen LogP contribution in [0, 0.1) is 0 Å². The highest BCUT2D eigenvalue weighted by molar-refractivity contribution is 5.34. The highest BCUT2D eigenvalue weighted by Gasteiger charge is 2.15. The first kappa shape index (κ1) is 12.4. The largest absolute Gasteiger partial charge is 0.478 e. The third-order valence-electron chi connectivity index (χ3n) is 3.20. The Hall–Kier alpha value is -1.06. The molecule has 1 aliphatic heterocycles. The molecule has 0 atom stereocenters. The van der Waals surface area contributed by atoms with Crippen molar-refractivity contribution in [1.29, 1.82) is 0 Å². The van der Waals surface area contributed by atoms with Crippen LogP contribution in [-0.4, -0.2) is 24.7 Å². The molecule has 17 heavy (non-hydrogen) atoms. The highest BCUT2D eigenvalue weighted by atomic mass is 16.5. The van der Waals surface area contributed by atoms with Gasteiger partial charge in [0.05, 0.1) is 0 Å². The van der Waals surface area contributed by atoms with Gasteiger partial charge in [0.2, 0.25) is 0 Å². The summed E-state index contributed by atoms with van der Waals surface area (Å²) in [7, 11) is 0. The minimum atomic E-state index is 0.730. The summed E-state index contributed by atoms with van der Waals surface area (Å²) >= 11 is 0. The highest BCUT2D eigenvalue weighted by Crippen LogP contribution is 2.24. The van der Waals surface area contributed by atoms with Crippen LogP contribution in [0.25, 0.3) is 0 Å². The van der Waals surface area contributed by atoms with Crippen molar-refractivity contribution in [3.63, 3.8) is 0 Å². The van der Waals surface area contributed by atoms with Crippen LogP contribution in [0.4, 0.5) is 0 Å². The Kier molecular flexibility index (Phi) is 4.83. The quantitative estimate of drug-likeness (QED) is 0.768. The van der Waals surface area contributed by atoms with Gasteiger partial charge in [0, 0.05) is 18.7 Å². The van der Waals surface area contributed by atoms with Crippen molar-refractivity contribution in [1.82, 2.24) is 4.90 Å². The monoisotopic (exact) mass is 234 g/mol. The lowest BCUT2D eigenvalue weighted by Gasteiger charge is -2.28.